The molecule has 2 unspecified atom stereocenters. The molecule has 2 atom stereocenters. The Morgan fingerprint density at radius 2 is 1.83 bits per heavy atom. The Morgan fingerprint density at radius 3 is 2.33 bits per heavy atom. The van der Waals surface area contributed by atoms with E-state index in [1.807, 2.05) is 0 Å². The zero-order chi connectivity index (χ0) is 13.5. The van der Waals surface area contributed by atoms with E-state index in [1.54, 1.807) is 0 Å². The van der Waals surface area contributed by atoms with Gasteiger partial charge in [-0.15, -0.1) is 0 Å². The summed E-state index contributed by atoms with van der Waals surface area (Å²) in [5.74, 6) is 1.94. The van der Waals surface area contributed by atoms with Crippen LogP contribution in [0.25, 0.3) is 0 Å². The van der Waals surface area contributed by atoms with Crippen LogP contribution in [-0.2, 0) is 17.2 Å². The van der Waals surface area contributed by atoms with Crippen molar-refractivity contribution in [3.8, 4) is 0 Å². The predicted molar refractivity (Wildman–Crippen MR) is 80.1 cm³/mol. The van der Waals surface area contributed by atoms with Crippen LogP contribution < -0.4 is 5.73 Å². The van der Waals surface area contributed by atoms with Crippen molar-refractivity contribution in [3.05, 3.63) is 35.4 Å². The summed E-state index contributed by atoms with van der Waals surface area (Å²) < 4.78 is 11.9. The second kappa shape index (κ2) is 7.70. The highest BCUT2D eigenvalue weighted by molar-refractivity contribution is 7.85. The number of hydrogen-bond donors (Lipinski definition) is 1. The van der Waals surface area contributed by atoms with Gasteiger partial charge in [0.15, 0.2) is 0 Å². The molecule has 3 heteroatoms. The van der Waals surface area contributed by atoms with Crippen molar-refractivity contribution in [3.63, 3.8) is 0 Å². The van der Waals surface area contributed by atoms with Crippen LogP contribution in [0.1, 0.15) is 44.4 Å². The molecule has 2 nitrogen and oxygen atoms in total. The third kappa shape index (κ3) is 5.32. The van der Waals surface area contributed by atoms with Gasteiger partial charge in [-0.1, -0.05) is 45.0 Å². The largest absolute Gasteiger partial charge is 0.323 e. The van der Waals surface area contributed by atoms with E-state index in [4.69, 9.17) is 5.73 Å². The van der Waals surface area contributed by atoms with Gasteiger partial charge in [0.2, 0.25) is 0 Å². The third-order valence-electron chi connectivity index (χ3n) is 3.10. The first-order valence-electron chi connectivity index (χ1n) is 6.72. The first-order chi connectivity index (χ1) is 8.52. The van der Waals surface area contributed by atoms with Crippen molar-refractivity contribution in [1.29, 1.82) is 0 Å². The Hall–Kier alpha value is -0.670. The zero-order valence-corrected chi connectivity index (χ0v) is 12.5. The molecule has 0 radical (unpaired) electrons. The summed E-state index contributed by atoms with van der Waals surface area (Å²) in [4.78, 5) is 0. The van der Waals surface area contributed by atoms with Crippen LogP contribution in [0.4, 0.5) is 0 Å². The van der Waals surface area contributed by atoms with Gasteiger partial charge in [0.05, 0.1) is 0 Å². The molecule has 0 aliphatic carbocycles. The minimum absolute atomic E-state index is 0.107. The van der Waals surface area contributed by atoms with E-state index in [1.165, 1.54) is 5.56 Å². The average Bonchev–Trinajstić information content (AvgIpc) is 2.36. The van der Waals surface area contributed by atoms with Gasteiger partial charge < -0.3 is 5.73 Å². The lowest BCUT2D eigenvalue weighted by atomic mass is 10.1. The highest BCUT2D eigenvalue weighted by Gasteiger charge is 2.11. The molecule has 2 N–H and O–H groups in total. The fourth-order valence-electron chi connectivity index (χ4n) is 1.75. The van der Waals surface area contributed by atoms with Crippen LogP contribution >= 0.6 is 0 Å². The third-order valence-corrected chi connectivity index (χ3v) is 4.53. The minimum atomic E-state index is -0.803. The van der Waals surface area contributed by atoms with Crippen molar-refractivity contribution in [1.82, 2.24) is 0 Å². The zero-order valence-electron chi connectivity index (χ0n) is 11.7. The second-order valence-corrected chi connectivity index (χ2v) is 6.82. The van der Waals surface area contributed by atoms with Gasteiger partial charge in [-0.25, -0.2) is 0 Å². The summed E-state index contributed by atoms with van der Waals surface area (Å²) in [6, 6.07) is 8.22. The fraction of sp³-hybridized carbons (Fsp3) is 0.600. The fourth-order valence-corrected chi connectivity index (χ4v) is 3.24. The molecule has 0 fully saturated rings. The van der Waals surface area contributed by atoms with Crippen molar-refractivity contribution in [2.24, 2.45) is 11.7 Å². The maximum Gasteiger partial charge on any atom is 0.0428 e. The maximum atomic E-state index is 11.9. The Balaban J connectivity index is 2.48. The lowest BCUT2D eigenvalue weighted by Gasteiger charge is -2.13. The maximum absolute atomic E-state index is 11.9. The Bertz CT molecular complexity index is 373. The lowest BCUT2D eigenvalue weighted by Crippen LogP contribution is -2.20. The molecule has 0 amide bonds. The van der Waals surface area contributed by atoms with Crippen LogP contribution in [0.3, 0.4) is 0 Å². The van der Waals surface area contributed by atoms with Gasteiger partial charge in [-0.05, 0) is 29.9 Å². The van der Waals surface area contributed by atoms with Gasteiger partial charge >= 0.3 is 0 Å². The molecule has 0 aliphatic rings. The topological polar surface area (TPSA) is 43.1 Å². The van der Waals surface area contributed by atoms with E-state index in [0.29, 0.717) is 11.7 Å². The van der Waals surface area contributed by atoms with Gasteiger partial charge in [0, 0.05) is 28.3 Å². The van der Waals surface area contributed by atoms with E-state index < -0.39 is 10.8 Å². The van der Waals surface area contributed by atoms with Crippen LogP contribution in [-0.4, -0.2) is 15.7 Å². The summed E-state index contributed by atoms with van der Waals surface area (Å²) in [5.41, 5.74) is 8.50. The van der Waals surface area contributed by atoms with Crippen molar-refractivity contribution < 1.29 is 4.21 Å². The highest BCUT2D eigenvalue weighted by atomic mass is 32.2. The lowest BCUT2D eigenvalue weighted by molar-refractivity contribution is 0.617. The first-order valence-corrected chi connectivity index (χ1v) is 8.21. The molecule has 0 spiro atoms. The molecular formula is C15H25NOS. The minimum Gasteiger partial charge on any atom is -0.323 e. The molecule has 0 aromatic heterocycles. The van der Waals surface area contributed by atoms with Crippen LogP contribution in [0.2, 0.25) is 0 Å². The summed E-state index contributed by atoms with van der Waals surface area (Å²) >= 11 is 0. The van der Waals surface area contributed by atoms with E-state index in [0.717, 1.165) is 24.2 Å². The van der Waals surface area contributed by atoms with Gasteiger partial charge in [-0.2, -0.15) is 0 Å². The number of hydrogen-bond acceptors (Lipinski definition) is 2. The van der Waals surface area contributed by atoms with Gasteiger partial charge in [0.1, 0.15) is 0 Å². The van der Waals surface area contributed by atoms with Crippen LogP contribution in [0.5, 0.6) is 0 Å². The van der Waals surface area contributed by atoms with Crippen LogP contribution in [0.15, 0.2) is 24.3 Å². The van der Waals surface area contributed by atoms with Gasteiger partial charge in [0.25, 0.3) is 0 Å². The standard InChI is InChI=1S/C15H25NOS/c1-4-13-5-7-14(8-6-13)15(16)11-18(17)10-9-12(2)3/h5-8,12,15H,4,9-11,16H2,1-3H3. The number of aryl methyl sites for hydroxylation is 1. The van der Waals surface area contributed by atoms with Crippen LogP contribution in [0, 0.1) is 5.92 Å². The molecule has 1 aromatic rings. The number of benzene rings is 1. The number of nitrogens with two attached hydrogens (primary N) is 1. The molecule has 1 rings (SSSR count). The van der Waals surface area contributed by atoms with E-state index in [9.17, 15) is 4.21 Å². The SMILES string of the molecule is CCc1ccc(C(N)CS(=O)CCC(C)C)cc1. The molecule has 1 aromatic carbocycles. The molecule has 0 aliphatic heterocycles. The molecule has 0 saturated carbocycles. The normalized spacial score (nSPS) is 14.7. The molecular weight excluding hydrogens is 242 g/mol. The monoisotopic (exact) mass is 267 g/mol. The van der Waals surface area contributed by atoms with E-state index in [-0.39, 0.29) is 6.04 Å². The average molecular weight is 267 g/mol. The molecule has 0 saturated heterocycles. The summed E-state index contributed by atoms with van der Waals surface area (Å²) in [6.07, 6.45) is 2.05. The molecule has 0 bridgehead atoms. The van der Waals surface area contributed by atoms with Crippen molar-refractivity contribution in [2.75, 3.05) is 11.5 Å². The number of rotatable bonds is 7. The smallest absolute Gasteiger partial charge is 0.0428 e. The van der Waals surface area contributed by atoms with Crippen molar-refractivity contribution >= 4 is 10.8 Å². The Morgan fingerprint density at radius 1 is 1.22 bits per heavy atom. The Labute approximate surface area is 113 Å². The first kappa shape index (κ1) is 15.4. The van der Waals surface area contributed by atoms with E-state index in [2.05, 4.69) is 45.0 Å². The van der Waals surface area contributed by atoms with Gasteiger partial charge in [-0.3, -0.25) is 4.21 Å². The molecule has 102 valence electrons. The summed E-state index contributed by atoms with van der Waals surface area (Å²) in [7, 11) is -0.803. The van der Waals surface area contributed by atoms with Crippen molar-refractivity contribution in [2.45, 2.75) is 39.7 Å². The summed E-state index contributed by atoms with van der Waals surface area (Å²) in [5, 5.41) is 0. The highest BCUT2D eigenvalue weighted by Crippen LogP contribution is 2.14. The predicted octanol–water partition coefficient (Wildman–Crippen LogP) is 3.04. The summed E-state index contributed by atoms with van der Waals surface area (Å²) in [6.45, 7) is 6.44. The molecule has 0 heterocycles. The van der Waals surface area contributed by atoms with E-state index >= 15 is 0 Å². The Kier molecular flexibility index (Phi) is 6.58. The quantitative estimate of drug-likeness (QED) is 0.825. The second-order valence-electron chi connectivity index (χ2n) is 5.19. The molecule has 18 heavy (non-hydrogen) atoms.